The summed E-state index contributed by atoms with van der Waals surface area (Å²) in [5, 5.41) is 0.549. The van der Waals surface area contributed by atoms with Crippen LogP contribution < -0.4 is 10.5 Å². The average molecular weight is 411 g/mol. The molecular weight excluding hydrogens is 398 g/mol. The van der Waals surface area contributed by atoms with Crippen LogP contribution in [0.5, 0.6) is 5.75 Å². The Labute approximate surface area is 150 Å². The number of hydrogen-bond donors (Lipinski definition) is 0. The van der Waals surface area contributed by atoms with Crippen LogP contribution in [0.25, 0.3) is 11.1 Å². The Morgan fingerprint density at radius 1 is 1.25 bits per heavy atom. The number of hydrogen-bond acceptors (Lipinski definition) is 4. The third-order valence-corrected chi connectivity index (χ3v) is 4.31. The molecule has 1 aromatic heterocycles. The van der Waals surface area contributed by atoms with Gasteiger partial charge >= 0.3 is 11.7 Å². The number of para-hydroxylation sites is 2. The van der Waals surface area contributed by atoms with E-state index in [-0.39, 0.29) is 12.4 Å². The van der Waals surface area contributed by atoms with Gasteiger partial charge in [0.05, 0.1) is 9.99 Å². The van der Waals surface area contributed by atoms with Crippen molar-refractivity contribution in [2.24, 2.45) is 0 Å². The average Bonchev–Trinajstić information content (AvgIpc) is 2.86. The molecule has 0 radical (unpaired) electrons. The van der Waals surface area contributed by atoms with Crippen molar-refractivity contribution in [3.63, 3.8) is 0 Å². The summed E-state index contributed by atoms with van der Waals surface area (Å²) in [6.45, 7) is 0.382. The quantitative estimate of drug-likeness (QED) is 0.462. The fraction of sp³-hybridized carbons (Fsp3) is 0.176. The van der Waals surface area contributed by atoms with Gasteiger partial charge in [-0.3, -0.25) is 9.36 Å². The lowest BCUT2D eigenvalue weighted by Gasteiger charge is -2.07. The van der Waals surface area contributed by atoms with Gasteiger partial charge in [0.1, 0.15) is 5.75 Å². The minimum absolute atomic E-state index is 0.182. The standard InChI is InChI=1S/C17H13BrClNO4/c18-12-10-11(19)7-8-14(12)23-16(21)6-3-9-20-13-4-1-2-5-15(13)24-17(20)22/h1-2,4-5,7-8,10H,3,6,9H2. The number of rotatable bonds is 5. The number of carbonyl (C=O) groups is 1. The Kier molecular flexibility index (Phi) is 5.06. The number of fused-ring (bicyclic) bond motifs is 1. The van der Waals surface area contributed by atoms with Gasteiger partial charge in [-0.05, 0) is 52.7 Å². The van der Waals surface area contributed by atoms with E-state index in [9.17, 15) is 9.59 Å². The second kappa shape index (κ2) is 7.23. The zero-order valence-electron chi connectivity index (χ0n) is 12.5. The molecule has 5 nitrogen and oxygen atoms in total. The van der Waals surface area contributed by atoms with E-state index < -0.39 is 5.76 Å². The van der Waals surface area contributed by atoms with Crippen LogP contribution in [0.2, 0.25) is 5.02 Å². The van der Waals surface area contributed by atoms with Crippen LogP contribution in [-0.2, 0) is 11.3 Å². The number of halogens is 2. The monoisotopic (exact) mass is 409 g/mol. The van der Waals surface area contributed by atoms with Gasteiger partial charge in [0.2, 0.25) is 0 Å². The molecule has 0 saturated heterocycles. The highest BCUT2D eigenvalue weighted by Crippen LogP contribution is 2.28. The maximum Gasteiger partial charge on any atom is 0.419 e. The molecule has 0 bridgehead atoms. The van der Waals surface area contributed by atoms with E-state index in [4.69, 9.17) is 20.8 Å². The number of benzene rings is 2. The van der Waals surface area contributed by atoms with Crippen molar-refractivity contribution in [2.45, 2.75) is 19.4 Å². The topological polar surface area (TPSA) is 61.4 Å². The van der Waals surface area contributed by atoms with Crippen molar-refractivity contribution in [3.05, 3.63) is 62.5 Å². The fourth-order valence-electron chi connectivity index (χ4n) is 2.34. The second-order valence-corrected chi connectivity index (χ2v) is 6.43. The first-order chi connectivity index (χ1) is 11.5. The van der Waals surface area contributed by atoms with Gasteiger partial charge in [-0.15, -0.1) is 0 Å². The Balaban J connectivity index is 1.60. The lowest BCUT2D eigenvalue weighted by Crippen LogP contribution is -2.16. The van der Waals surface area contributed by atoms with Gasteiger partial charge in [0.25, 0.3) is 0 Å². The van der Waals surface area contributed by atoms with Crippen LogP contribution in [0.4, 0.5) is 0 Å². The minimum atomic E-state index is -0.426. The van der Waals surface area contributed by atoms with Gasteiger partial charge in [-0.1, -0.05) is 23.7 Å². The van der Waals surface area contributed by atoms with Gasteiger partial charge in [0, 0.05) is 18.0 Å². The SMILES string of the molecule is O=C(CCCn1c(=O)oc2ccccc21)Oc1ccc(Cl)cc1Br. The highest BCUT2D eigenvalue weighted by atomic mass is 79.9. The molecule has 7 heteroatoms. The molecule has 0 aliphatic carbocycles. The lowest BCUT2D eigenvalue weighted by atomic mass is 10.3. The molecule has 2 aromatic carbocycles. The summed E-state index contributed by atoms with van der Waals surface area (Å²) in [5.74, 6) is -0.390. The molecule has 0 aliphatic heterocycles. The Morgan fingerprint density at radius 3 is 2.83 bits per heavy atom. The third kappa shape index (κ3) is 3.71. The molecule has 0 amide bonds. The van der Waals surface area contributed by atoms with Gasteiger partial charge in [-0.2, -0.15) is 0 Å². The lowest BCUT2D eigenvalue weighted by molar-refractivity contribution is -0.134. The Hall–Kier alpha value is -2.05. The fourth-order valence-corrected chi connectivity index (χ4v) is 3.10. The van der Waals surface area contributed by atoms with Crippen LogP contribution in [0.15, 0.2) is 56.1 Å². The van der Waals surface area contributed by atoms with Crippen molar-refractivity contribution in [1.82, 2.24) is 4.57 Å². The number of nitrogens with zero attached hydrogens (tertiary/aromatic N) is 1. The molecule has 0 atom stereocenters. The molecular formula is C17H13BrClNO4. The molecule has 124 valence electrons. The highest BCUT2D eigenvalue weighted by Gasteiger charge is 2.11. The van der Waals surface area contributed by atoms with E-state index in [1.54, 1.807) is 30.3 Å². The number of carbonyl (C=O) groups excluding carboxylic acids is 1. The summed E-state index contributed by atoms with van der Waals surface area (Å²) < 4.78 is 12.6. The molecule has 0 unspecified atom stereocenters. The molecule has 24 heavy (non-hydrogen) atoms. The summed E-state index contributed by atoms with van der Waals surface area (Å²) in [7, 11) is 0. The van der Waals surface area contributed by atoms with Gasteiger partial charge < -0.3 is 9.15 Å². The number of aromatic nitrogens is 1. The van der Waals surface area contributed by atoms with Crippen molar-refractivity contribution in [3.8, 4) is 5.75 Å². The zero-order valence-corrected chi connectivity index (χ0v) is 14.8. The van der Waals surface area contributed by atoms with Crippen molar-refractivity contribution >= 4 is 44.6 Å². The maximum absolute atomic E-state index is 11.9. The van der Waals surface area contributed by atoms with Crippen LogP contribution in [0.1, 0.15) is 12.8 Å². The highest BCUT2D eigenvalue weighted by molar-refractivity contribution is 9.10. The summed E-state index contributed by atoms with van der Waals surface area (Å²) in [5.41, 5.74) is 1.26. The van der Waals surface area contributed by atoms with Crippen LogP contribution in [0.3, 0.4) is 0 Å². The first-order valence-electron chi connectivity index (χ1n) is 7.29. The van der Waals surface area contributed by atoms with Gasteiger partial charge in [0.15, 0.2) is 5.58 Å². The first-order valence-corrected chi connectivity index (χ1v) is 8.46. The molecule has 0 saturated carbocycles. The summed E-state index contributed by atoms with van der Waals surface area (Å²) in [6.07, 6.45) is 0.647. The largest absolute Gasteiger partial charge is 0.425 e. The molecule has 0 aliphatic rings. The van der Waals surface area contributed by atoms with Gasteiger partial charge in [-0.25, -0.2) is 4.79 Å². The van der Waals surface area contributed by atoms with E-state index in [0.717, 1.165) is 5.52 Å². The van der Waals surface area contributed by atoms with E-state index in [1.807, 2.05) is 12.1 Å². The Morgan fingerprint density at radius 2 is 2.04 bits per heavy atom. The van der Waals surface area contributed by atoms with Crippen molar-refractivity contribution in [1.29, 1.82) is 0 Å². The van der Waals surface area contributed by atoms with E-state index in [2.05, 4.69) is 15.9 Å². The smallest absolute Gasteiger partial charge is 0.419 e. The predicted molar refractivity (Wildman–Crippen MR) is 94.5 cm³/mol. The molecule has 0 spiro atoms. The molecule has 0 fully saturated rings. The normalized spacial score (nSPS) is 10.9. The maximum atomic E-state index is 11.9. The molecule has 0 N–H and O–H groups in total. The first kappa shape index (κ1) is 16.8. The summed E-state index contributed by atoms with van der Waals surface area (Å²) in [6, 6.07) is 12.1. The molecule has 3 aromatic rings. The summed E-state index contributed by atoms with van der Waals surface area (Å²) in [4.78, 5) is 23.8. The number of aryl methyl sites for hydroxylation is 1. The van der Waals surface area contributed by atoms with E-state index >= 15 is 0 Å². The van der Waals surface area contributed by atoms with E-state index in [1.165, 1.54) is 4.57 Å². The number of esters is 1. The molecule has 1 heterocycles. The second-order valence-electron chi connectivity index (χ2n) is 5.14. The van der Waals surface area contributed by atoms with Crippen molar-refractivity contribution in [2.75, 3.05) is 0 Å². The van der Waals surface area contributed by atoms with Crippen LogP contribution in [-0.4, -0.2) is 10.5 Å². The van der Waals surface area contributed by atoms with E-state index in [0.29, 0.717) is 33.8 Å². The molecule has 3 rings (SSSR count). The minimum Gasteiger partial charge on any atom is -0.425 e. The number of ether oxygens (including phenoxy) is 1. The predicted octanol–water partition coefficient (Wildman–Crippen LogP) is 4.40. The summed E-state index contributed by atoms with van der Waals surface area (Å²) >= 11 is 9.14. The number of oxazole rings is 1. The zero-order chi connectivity index (χ0) is 17.1. The van der Waals surface area contributed by atoms with Crippen LogP contribution >= 0.6 is 27.5 Å². The Bertz CT molecular complexity index is 947. The van der Waals surface area contributed by atoms with Crippen LogP contribution in [0, 0.1) is 0 Å². The van der Waals surface area contributed by atoms with Crippen molar-refractivity contribution < 1.29 is 13.9 Å². The third-order valence-electron chi connectivity index (χ3n) is 3.45.